The first-order valence-electron chi connectivity index (χ1n) is 6.16. The van der Waals surface area contributed by atoms with Crippen LogP contribution >= 0.6 is 15.9 Å². The van der Waals surface area contributed by atoms with E-state index in [4.69, 9.17) is 4.74 Å². The molecular weight excluding hydrogens is 278 g/mol. The van der Waals surface area contributed by atoms with E-state index in [0.29, 0.717) is 0 Å². The number of rotatable bonds is 2. The molecule has 2 aromatic rings. The van der Waals surface area contributed by atoms with Crippen LogP contribution in [0.1, 0.15) is 12.8 Å². The van der Waals surface area contributed by atoms with Gasteiger partial charge in [-0.15, -0.1) is 0 Å². The van der Waals surface area contributed by atoms with Crippen LogP contribution in [-0.2, 0) is 11.3 Å². The van der Waals surface area contributed by atoms with Crippen LogP contribution in [0, 0.1) is 5.92 Å². The lowest BCUT2D eigenvalue weighted by Crippen LogP contribution is -2.19. The number of aromatic nitrogens is 1. The molecule has 2 heterocycles. The maximum Gasteiger partial charge on any atom is 0.0491 e. The number of halogens is 1. The molecule has 0 bridgehead atoms. The molecule has 0 radical (unpaired) electrons. The number of fused-ring (bicyclic) bond motifs is 1. The standard InChI is InChI=1S/C14H16BrNO/c15-13-2-1-3-14-12(13)4-7-16(14)10-11-5-8-17-9-6-11/h1-4,7,11H,5-6,8-10H2. The summed E-state index contributed by atoms with van der Waals surface area (Å²) in [5, 5.41) is 1.31. The Kier molecular flexibility index (Phi) is 3.21. The first-order valence-corrected chi connectivity index (χ1v) is 6.95. The fourth-order valence-electron chi connectivity index (χ4n) is 2.55. The van der Waals surface area contributed by atoms with Gasteiger partial charge in [0.1, 0.15) is 0 Å². The largest absolute Gasteiger partial charge is 0.381 e. The summed E-state index contributed by atoms with van der Waals surface area (Å²) in [7, 11) is 0. The van der Waals surface area contributed by atoms with Crippen molar-refractivity contribution in [1.82, 2.24) is 4.57 Å². The van der Waals surface area contributed by atoms with Gasteiger partial charge in [0.05, 0.1) is 0 Å². The molecule has 0 amide bonds. The highest BCUT2D eigenvalue weighted by Gasteiger charge is 2.15. The molecule has 0 atom stereocenters. The van der Waals surface area contributed by atoms with E-state index >= 15 is 0 Å². The highest BCUT2D eigenvalue weighted by molar-refractivity contribution is 9.10. The number of hydrogen-bond donors (Lipinski definition) is 0. The zero-order chi connectivity index (χ0) is 11.7. The number of nitrogens with zero attached hydrogens (tertiary/aromatic N) is 1. The molecule has 1 saturated heterocycles. The van der Waals surface area contributed by atoms with Gasteiger partial charge >= 0.3 is 0 Å². The lowest BCUT2D eigenvalue weighted by molar-refractivity contribution is 0.0616. The van der Waals surface area contributed by atoms with Gasteiger partial charge in [0.2, 0.25) is 0 Å². The molecule has 0 N–H and O–H groups in total. The summed E-state index contributed by atoms with van der Waals surface area (Å²) in [6.45, 7) is 2.96. The summed E-state index contributed by atoms with van der Waals surface area (Å²) in [4.78, 5) is 0. The Balaban J connectivity index is 1.87. The summed E-state index contributed by atoms with van der Waals surface area (Å²) >= 11 is 3.60. The van der Waals surface area contributed by atoms with Gasteiger partial charge in [-0.3, -0.25) is 0 Å². The third-order valence-corrected chi connectivity index (χ3v) is 4.25. The fraction of sp³-hybridized carbons (Fsp3) is 0.429. The van der Waals surface area contributed by atoms with Crippen LogP contribution in [0.5, 0.6) is 0 Å². The number of benzene rings is 1. The van der Waals surface area contributed by atoms with E-state index in [0.717, 1.165) is 25.7 Å². The van der Waals surface area contributed by atoms with Crippen LogP contribution in [0.3, 0.4) is 0 Å². The maximum absolute atomic E-state index is 5.41. The van der Waals surface area contributed by atoms with Gasteiger partial charge in [-0.2, -0.15) is 0 Å². The van der Waals surface area contributed by atoms with Gasteiger partial charge < -0.3 is 9.30 Å². The molecule has 3 heteroatoms. The smallest absolute Gasteiger partial charge is 0.0491 e. The van der Waals surface area contributed by atoms with E-state index in [1.165, 1.54) is 28.2 Å². The molecule has 1 aliphatic heterocycles. The van der Waals surface area contributed by atoms with Gasteiger partial charge in [0, 0.05) is 41.3 Å². The Hall–Kier alpha value is -0.800. The number of ether oxygens (including phenoxy) is 1. The molecule has 1 fully saturated rings. The Bertz CT molecular complexity index is 514. The van der Waals surface area contributed by atoms with Crippen molar-refractivity contribution in [3.63, 3.8) is 0 Å². The molecule has 3 rings (SSSR count). The van der Waals surface area contributed by atoms with Crippen LogP contribution in [0.2, 0.25) is 0 Å². The lowest BCUT2D eigenvalue weighted by Gasteiger charge is -2.22. The molecule has 17 heavy (non-hydrogen) atoms. The van der Waals surface area contributed by atoms with E-state index < -0.39 is 0 Å². The van der Waals surface area contributed by atoms with Crippen molar-refractivity contribution in [1.29, 1.82) is 0 Å². The zero-order valence-electron chi connectivity index (χ0n) is 9.73. The molecule has 1 aliphatic rings. The van der Waals surface area contributed by atoms with Crippen LogP contribution in [0.25, 0.3) is 10.9 Å². The summed E-state index contributed by atoms with van der Waals surface area (Å²) in [5.74, 6) is 0.762. The second-order valence-electron chi connectivity index (χ2n) is 4.70. The molecule has 1 aromatic carbocycles. The molecule has 2 nitrogen and oxygen atoms in total. The van der Waals surface area contributed by atoms with E-state index in [9.17, 15) is 0 Å². The second-order valence-corrected chi connectivity index (χ2v) is 5.55. The average molecular weight is 294 g/mol. The third-order valence-electron chi connectivity index (χ3n) is 3.56. The van der Waals surface area contributed by atoms with Crippen molar-refractivity contribution >= 4 is 26.8 Å². The van der Waals surface area contributed by atoms with Crippen LogP contribution in [0.15, 0.2) is 34.9 Å². The maximum atomic E-state index is 5.41. The topological polar surface area (TPSA) is 14.2 Å². The first-order chi connectivity index (χ1) is 8.34. The molecule has 90 valence electrons. The Morgan fingerprint density at radius 2 is 2.06 bits per heavy atom. The van der Waals surface area contributed by atoms with Crippen LogP contribution in [0.4, 0.5) is 0 Å². The van der Waals surface area contributed by atoms with Gasteiger partial charge in [-0.25, -0.2) is 0 Å². The van der Waals surface area contributed by atoms with E-state index in [1.54, 1.807) is 0 Å². The van der Waals surface area contributed by atoms with Crippen molar-refractivity contribution in [3.8, 4) is 0 Å². The fourth-order valence-corrected chi connectivity index (χ4v) is 3.04. The summed E-state index contributed by atoms with van der Waals surface area (Å²) in [5.41, 5.74) is 1.32. The molecule has 0 saturated carbocycles. The zero-order valence-corrected chi connectivity index (χ0v) is 11.3. The van der Waals surface area contributed by atoms with Crippen molar-refractivity contribution in [3.05, 3.63) is 34.9 Å². The SMILES string of the molecule is Brc1cccc2c1ccn2CC1CCOCC1. The highest BCUT2D eigenvalue weighted by atomic mass is 79.9. The minimum Gasteiger partial charge on any atom is -0.381 e. The normalized spacial score (nSPS) is 17.7. The van der Waals surface area contributed by atoms with Crippen molar-refractivity contribution < 1.29 is 4.74 Å². The first kappa shape index (κ1) is 11.3. The summed E-state index contributed by atoms with van der Waals surface area (Å²) < 4.78 is 8.96. The lowest BCUT2D eigenvalue weighted by atomic mass is 10.0. The Morgan fingerprint density at radius 3 is 2.88 bits per heavy atom. The molecule has 1 aromatic heterocycles. The predicted octanol–water partition coefficient (Wildman–Crippen LogP) is 3.83. The molecule has 0 spiro atoms. The van der Waals surface area contributed by atoms with E-state index in [2.05, 4.69) is 51.0 Å². The van der Waals surface area contributed by atoms with Gasteiger partial charge in [0.15, 0.2) is 0 Å². The van der Waals surface area contributed by atoms with Gasteiger partial charge in [-0.05, 0) is 37.0 Å². The van der Waals surface area contributed by atoms with E-state index in [-0.39, 0.29) is 0 Å². The van der Waals surface area contributed by atoms with Crippen molar-refractivity contribution in [2.75, 3.05) is 13.2 Å². The molecule has 0 unspecified atom stereocenters. The molecule has 0 aliphatic carbocycles. The Morgan fingerprint density at radius 1 is 1.24 bits per heavy atom. The van der Waals surface area contributed by atoms with Gasteiger partial charge in [0.25, 0.3) is 0 Å². The predicted molar refractivity (Wildman–Crippen MR) is 73.2 cm³/mol. The average Bonchev–Trinajstić information content (AvgIpc) is 2.76. The monoisotopic (exact) mass is 293 g/mol. The second kappa shape index (κ2) is 4.83. The van der Waals surface area contributed by atoms with Crippen molar-refractivity contribution in [2.45, 2.75) is 19.4 Å². The third kappa shape index (κ3) is 2.26. The minimum absolute atomic E-state index is 0.762. The summed E-state index contributed by atoms with van der Waals surface area (Å²) in [6.07, 6.45) is 4.58. The minimum atomic E-state index is 0.762. The van der Waals surface area contributed by atoms with E-state index in [1.807, 2.05) is 0 Å². The quantitative estimate of drug-likeness (QED) is 0.821. The van der Waals surface area contributed by atoms with Crippen LogP contribution < -0.4 is 0 Å². The molecular formula is C14H16BrNO. The Labute approximate surface area is 110 Å². The highest BCUT2D eigenvalue weighted by Crippen LogP contribution is 2.26. The van der Waals surface area contributed by atoms with Crippen molar-refractivity contribution in [2.24, 2.45) is 5.92 Å². The summed E-state index contributed by atoms with van der Waals surface area (Å²) in [6, 6.07) is 8.59. The van der Waals surface area contributed by atoms with Gasteiger partial charge in [-0.1, -0.05) is 22.0 Å². The number of hydrogen-bond acceptors (Lipinski definition) is 1. The van der Waals surface area contributed by atoms with Crippen LogP contribution in [-0.4, -0.2) is 17.8 Å².